The van der Waals surface area contributed by atoms with Gasteiger partial charge in [-0.2, -0.15) is 30.7 Å². The van der Waals surface area contributed by atoms with Crippen molar-refractivity contribution < 1.29 is 55.0 Å². The van der Waals surface area contributed by atoms with E-state index in [1.807, 2.05) is 0 Å². The molecule has 1 aliphatic carbocycles. The van der Waals surface area contributed by atoms with Gasteiger partial charge in [-0.05, 0) is 25.2 Å². The van der Waals surface area contributed by atoms with Crippen molar-refractivity contribution >= 4 is 17.9 Å². The maximum Gasteiger partial charge on any atom is 0.460 e. The van der Waals surface area contributed by atoms with Crippen molar-refractivity contribution in [3.05, 3.63) is 0 Å². The first-order valence-corrected chi connectivity index (χ1v) is 7.16. The second-order valence-electron chi connectivity index (χ2n) is 6.81. The van der Waals surface area contributed by atoms with Crippen LogP contribution >= 0.6 is 0 Å². The zero-order chi connectivity index (χ0) is 20.9. The molecule has 150 valence electrons. The number of carbonyl (C=O) groups excluding carboxylic acids is 2. The highest BCUT2D eigenvalue weighted by atomic mass is 19.4. The summed E-state index contributed by atoms with van der Waals surface area (Å²) in [5.74, 6) is -20.7. The number of hydrogen-bond donors (Lipinski definition) is 1. The van der Waals surface area contributed by atoms with E-state index in [0.717, 1.165) is 6.92 Å². The average molecular weight is 396 g/mol. The van der Waals surface area contributed by atoms with E-state index < -0.39 is 52.7 Å². The van der Waals surface area contributed by atoms with Gasteiger partial charge in [-0.15, -0.1) is 0 Å². The normalized spacial score (nSPS) is 26.5. The van der Waals surface area contributed by atoms with Crippen LogP contribution in [0.3, 0.4) is 0 Å². The van der Waals surface area contributed by atoms with Crippen LogP contribution in [0.1, 0.15) is 33.6 Å². The molecule has 1 rings (SSSR count). The van der Waals surface area contributed by atoms with Gasteiger partial charge in [0.25, 0.3) is 0 Å². The number of halogens is 7. The van der Waals surface area contributed by atoms with E-state index >= 15 is 0 Å². The van der Waals surface area contributed by atoms with Crippen molar-refractivity contribution in [1.29, 1.82) is 0 Å². The number of aliphatic carboxylic acids is 1. The molecule has 1 fully saturated rings. The Morgan fingerprint density at radius 2 is 1.46 bits per heavy atom. The molecule has 0 aromatic rings. The van der Waals surface area contributed by atoms with Crippen molar-refractivity contribution in [1.82, 2.24) is 0 Å². The third-order valence-corrected chi connectivity index (χ3v) is 5.17. The number of carboxylic acid groups (broad SMARTS) is 1. The summed E-state index contributed by atoms with van der Waals surface area (Å²) in [4.78, 5) is 34.5. The van der Waals surface area contributed by atoms with Gasteiger partial charge in [-0.1, -0.05) is 13.8 Å². The number of ether oxygens (including phenoxy) is 1. The summed E-state index contributed by atoms with van der Waals surface area (Å²) >= 11 is 0. The van der Waals surface area contributed by atoms with E-state index in [-0.39, 0.29) is 12.8 Å². The van der Waals surface area contributed by atoms with E-state index in [9.17, 15) is 45.1 Å². The molecule has 1 N–H and O–H groups in total. The second kappa shape index (κ2) is 6.08. The maximum absolute atomic E-state index is 13.3. The van der Waals surface area contributed by atoms with Crippen LogP contribution in [0, 0.1) is 16.7 Å². The molecule has 12 heteroatoms. The minimum Gasteiger partial charge on any atom is -0.481 e. The van der Waals surface area contributed by atoms with Crippen LogP contribution in [0.2, 0.25) is 0 Å². The first-order chi connectivity index (χ1) is 11.3. The van der Waals surface area contributed by atoms with Crippen LogP contribution in [0.25, 0.3) is 0 Å². The zero-order valence-electron chi connectivity index (χ0n) is 13.7. The fourth-order valence-corrected chi connectivity index (χ4v) is 2.86. The van der Waals surface area contributed by atoms with Gasteiger partial charge in [0.2, 0.25) is 0 Å². The highest BCUT2D eigenvalue weighted by Gasteiger charge is 2.77. The lowest BCUT2D eigenvalue weighted by atomic mass is 9.65. The van der Waals surface area contributed by atoms with Crippen LogP contribution in [-0.2, 0) is 19.1 Å². The monoisotopic (exact) mass is 396 g/mol. The summed E-state index contributed by atoms with van der Waals surface area (Å²) in [5.41, 5.74) is -3.31. The Labute approximate surface area is 142 Å². The third kappa shape index (κ3) is 3.02. The maximum atomic E-state index is 13.3. The van der Waals surface area contributed by atoms with E-state index in [0.29, 0.717) is 0 Å². The van der Waals surface area contributed by atoms with E-state index in [1.54, 1.807) is 0 Å². The lowest BCUT2D eigenvalue weighted by Crippen LogP contribution is -2.57. The fraction of sp³-hybridized carbons (Fsp3) is 0.786. The molecule has 26 heavy (non-hydrogen) atoms. The van der Waals surface area contributed by atoms with E-state index in [2.05, 4.69) is 4.74 Å². The summed E-state index contributed by atoms with van der Waals surface area (Å²) in [5, 5.41) is 9.11. The molecule has 1 saturated carbocycles. The van der Waals surface area contributed by atoms with Gasteiger partial charge < -0.3 is 9.84 Å². The predicted molar refractivity (Wildman–Crippen MR) is 69.3 cm³/mol. The Morgan fingerprint density at radius 1 is 1.00 bits per heavy atom. The van der Waals surface area contributed by atoms with Crippen molar-refractivity contribution in [2.75, 3.05) is 0 Å². The van der Waals surface area contributed by atoms with Gasteiger partial charge in [0.15, 0.2) is 0 Å². The van der Waals surface area contributed by atoms with Gasteiger partial charge in [-0.3, -0.25) is 9.59 Å². The van der Waals surface area contributed by atoms with Crippen molar-refractivity contribution in [3.63, 3.8) is 0 Å². The molecule has 1 aliphatic rings. The minimum atomic E-state index is -6.76. The summed E-state index contributed by atoms with van der Waals surface area (Å²) in [6.45, 7) is 3.57. The Kier molecular flexibility index (Phi) is 5.19. The quantitative estimate of drug-likeness (QED) is 0.448. The van der Waals surface area contributed by atoms with Gasteiger partial charge in [0.1, 0.15) is 0 Å². The molecule has 0 aromatic heterocycles. The molecule has 0 heterocycles. The van der Waals surface area contributed by atoms with E-state index in [4.69, 9.17) is 5.11 Å². The number of carboxylic acids is 1. The SMILES string of the molecule is CC1(C(=O)OC(=O)C(F)(F)C(F)(F)C(F)(F)F)CCC(C(=O)O)C1(C)C. The second-order valence-corrected chi connectivity index (χ2v) is 6.81. The summed E-state index contributed by atoms with van der Waals surface area (Å²) in [6.07, 6.45) is -7.13. The number of rotatable bonds is 4. The molecule has 0 bridgehead atoms. The topological polar surface area (TPSA) is 80.7 Å². The lowest BCUT2D eigenvalue weighted by Gasteiger charge is -2.38. The van der Waals surface area contributed by atoms with Crippen molar-refractivity contribution in [2.45, 2.75) is 51.6 Å². The standard InChI is InChI=1S/C14H15F7O5/c1-10(2)6(7(22)23)4-5-11(10,3)8(24)26-9(25)12(15,16)13(17,18)14(19,20)21/h6H,4-5H2,1-3H3,(H,22,23). The molecule has 0 radical (unpaired) electrons. The average Bonchev–Trinajstić information content (AvgIpc) is 2.68. The number of esters is 2. The smallest absolute Gasteiger partial charge is 0.460 e. The molecule has 0 aliphatic heterocycles. The van der Waals surface area contributed by atoms with Crippen molar-refractivity contribution in [3.8, 4) is 0 Å². The van der Waals surface area contributed by atoms with Crippen LogP contribution < -0.4 is 0 Å². The Balaban J connectivity index is 3.11. The van der Waals surface area contributed by atoms with Gasteiger partial charge in [0.05, 0.1) is 11.3 Å². The lowest BCUT2D eigenvalue weighted by molar-refractivity contribution is -0.347. The van der Waals surface area contributed by atoms with Gasteiger partial charge in [0, 0.05) is 0 Å². The molecular weight excluding hydrogens is 381 g/mol. The molecule has 5 nitrogen and oxygen atoms in total. The summed E-state index contributed by atoms with van der Waals surface area (Å²) in [6, 6.07) is 0. The Morgan fingerprint density at radius 3 is 1.81 bits per heavy atom. The molecular formula is C14H15F7O5. The minimum absolute atomic E-state index is 0.114. The highest BCUT2D eigenvalue weighted by Crippen LogP contribution is 2.57. The first kappa shape index (κ1) is 22.2. The molecule has 2 unspecified atom stereocenters. The number of carbonyl (C=O) groups is 3. The van der Waals surface area contributed by atoms with Crippen LogP contribution in [0.4, 0.5) is 30.7 Å². The van der Waals surface area contributed by atoms with Gasteiger partial charge in [-0.25, -0.2) is 4.79 Å². The molecule has 0 amide bonds. The third-order valence-electron chi connectivity index (χ3n) is 5.17. The van der Waals surface area contributed by atoms with Crippen LogP contribution in [-0.4, -0.2) is 41.0 Å². The predicted octanol–water partition coefficient (Wildman–Crippen LogP) is 3.42. The Hall–Kier alpha value is -1.88. The highest BCUT2D eigenvalue weighted by molar-refractivity contribution is 5.93. The largest absolute Gasteiger partial charge is 0.481 e. The van der Waals surface area contributed by atoms with Crippen LogP contribution in [0.5, 0.6) is 0 Å². The molecule has 0 saturated heterocycles. The molecule has 2 atom stereocenters. The van der Waals surface area contributed by atoms with Gasteiger partial charge >= 0.3 is 35.9 Å². The number of alkyl halides is 7. The fourth-order valence-electron chi connectivity index (χ4n) is 2.86. The van der Waals surface area contributed by atoms with E-state index in [1.165, 1.54) is 13.8 Å². The van der Waals surface area contributed by atoms with Crippen LogP contribution in [0.15, 0.2) is 0 Å². The summed E-state index contributed by atoms with van der Waals surface area (Å²) in [7, 11) is 0. The number of hydrogen-bond acceptors (Lipinski definition) is 4. The molecule has 0 aromatic carbocycles. The summed E-state index contributed by atoms with van der Waals surface area (Å²) < 4.78 is 92.1. The van der Waals surface area contributed by atoms with Crippen molar-refractivity contribution in [2.24, 2.45) is 16.7 Å². The Bertz CT molecular complexity index is 626. The zero-order valence-corrected chi connectivity index (χ0v) is 13.7. The molecule has 0 spiro atoms. The first-order valence-electron chi connectivity index (χ1n) is 7.16.